The van der Waals surface area contributed by atoms with E-state index in [2.05, 4.69) is 39.9 Å². The van der Waals surface area contributed by atoms with Gasteiger partial charge in [0.1, 0.15) is 23.0 Å². The van der Waals surface area contributed by atoms with E-state index in [-0.39, 0.29) is 6.04 Å². The number of fused-ring (bicyclic) bond motifs is 1. The van der Waals surface area contributed by atoms with Gasteiger partial charge in [0.15, 0.2) is 17.7 Å². The molecule has 2 unspecified atom stereocenters. The van der Waals surface area contributed by atoms with Gasteiger partial charge in [-0.05, 0) is 50.3 Å². The first-order valence-corrected chi connectivity index (χ1v) is 13.6. The predicted molar refractivity (Wildman–Crippen MR) is 147 cm³/mol. The highest BCUT2D eigenvalue weighted by Crippen LogP contribution is 2.41. The lowest BCUT2D eigenvalue weighted by molar-refractivity contribution is 0.0153. The van der Waals surface area contributed by atoms with Gasteiger partial charge in [-0.1, -0.05) is 30.3 Å². The summed E-state index contributed by atoms with van der Waals surface area (Å²) >= 11 is 1.68. The lowest BCUT2D eigenvalue weighted by Gasteiger charge is -2.33. The molecule has 0 radical (unpaired) electrons. The molecule has 0 amide bonds. The number of thiophene rings is 1. The molecule has 0 saturated heterocycles. The van der Waals surface area contributed by atoms with Crippen molar-refractivity contribution in [1.82, 2.24) is 15.3 Å². The molecule has 1 aliphatic rings. The minimum atomic E-state index is -0.688. The number of nitrogens with zero attached hydrogens (tertiary/aromatic N) is 2. The maximum absolute atomic E-state index is 10.4. The van der Waals surface area contributed by atoms with Gasteiger partial charge < -0.3 is 19.3 Å². The second-order valence-corrected chi connectivity index (χ2v) is 10.3. The van der Waals surface area contributed by atoms with Crippen molar-refractivity contribution in [3.8, 4) is 28.4 Å². The maximum Gasteiger partial charge on any atom is 0.176 e. The molecule has 2 heterocycles. The minimum Gasteiger partial charge on any atom is -0.493 e. The molecule has 2 N–H and O–H groups in total. The smallest absolute Gasteiger partial charge is 0.176 e. The van der Waals surface area contributed by atoms with Crippen LogP contribution in [0, 0.1) is 0 Å². The fourth-order valence-electron chi connectivity index (χ4n) is 5.11. The average molecular weight is 520 g/mol. The Kier molecular flexibility index (Phi) is 7.88. The number of benzene rings is 2. The molecule has 8 heteroatoms. The summed E-state index contributed by atoms with van der Waals surface area (Å²) in [6.45, 7) is 1.74. The van der Waals surface area contributed by atoms with E-state index in [1.807, 2.05) is 12.1 Å². The monoisotopic (exact) mass is 519 g/mol. The van der Waals surface area contributed by atoms with E-state index >= 15 is 0 Å². The van der Waals surface area contributed by atoms with Crippen molar-refractivity contribution in [2.45, 2.75) is 56.9 Å². The fourth-order valence-corrected chi connectivity index (χ4v) is 6.04. The van der Waals surface area contributed by atoms with Crippen molar-refractivity contribution in [2.75, 3.05) is 14.2 Å². The van der Waals surface area contributed by atoms with E-state index in [1.165, 1.54) is 16.5 Å². The molecule has 5 rings (SSSR count). The van der Waals surface area contributed by atoms with Gasteiger partial charge in [0.2, 0.25) is 0 Å². The van der Waals surface area contributed by atoms with Crippen molar-refractivity contribution in [3.63, 3.8) is 0 Å². The minimum absolute atomic E-state index is 0.240. The molecule has 1 aliphatic carbocycles. The molecule has 0 spiro atoms. The van der Waals surface area contributed by atoms with Gasteiger partial charge in [-0.3, -0.25) is 5.32 Å². The van der Waals surface area contributed by atoms with E-state index in [9.17, 15) is 5.11 Å². The average Bonchev–Trinajstić information content (AvgIpc) is 3.38. The molecule has 0 aliphatic heterocycles. The van der Waals surface area contributed by atoms with Crippen LogP contribution in [0.1, 0.15) is 44.2 Å². The number of aromatic nitrogens is 2. The molecule has 2 atom stereocenters. The number of aliphatic hydroxyl groups is 1. The third kappa shape index (κ3) is 5.56. The molecule has 37 heavy (non-hydrogen) atoms. The molecular formula is C29H33N3O4S. The first-order valence-electron chi connectivity index (χ1n) is 12.7. The number of hydrogen-bond acceptors (Lipinski definition) is 8. The highest BCUT2D eigenvalue weighted by molar-refractivity contribution is 7.17. The summed E-state index contributed by atoms with van der Waals surface area (Å²) in [5.41, 5.74) is 3.57. The number of nitrogens with one attached hydrogen (secondary N) is 1. The Morgan fingerprint density at radius 3 is 2.43 bits per heavy atom. The van der Waals surface area contributed by atoms with Crippen LogP contribution in [0.15, 0.2) is 60.2 Å². The maximum atomic E-state index is 10.4. The standard InChI is InChI=1S/C29H33N3O4S/c1-18(33)28(36-22-13-14-24(34-2)25(15-22)35-3)32-21-11-9-20(10-12-21)27-26-23(19-7-5-4-6-8-19)16-37-29(26)31-17-30-27/h4-8,13-18,20-21,28,32-33H,9-12H2,1-3H3. The van der Waals surface area contributed by atoms with Crippen molar-refractivity contribution < 1.29 is 19.3 Å². The lowest BCUT2D eigenvalue weighted by Crippen LogP contribution is -2.49. The third-order valence-electron chi connectivity index (χ3n) is 7.05. The van der Waals surface area contributed by atoms with Gasteiger partial charge in [-0.15, -0.1) is 11.3 Å². The summed E-state index contributed by atoms with van der Waals surface area (Å²) in [5, 5.41) is 17.4. The number of methoxy groups -OCH3 is 2. The van der Waals surface area contributed by atoms with Gasteiger partial charge in [0.25, 0.3) is 0 Å². The molecule has 0 bridgehead atoms. The molecule has 1 fully saturated rings. The van der Waals surface area contributed by atoms with E-state index in [4.69, 9.17) is 19.2 Å². The van der Waals surface area contributed by atoms with Crippen LogP contribution in [0.25, 0.3) is 21.3 Å². The number of ether oxygens (including phenoxy) is 3. The van der Waals surface area contributed by atoms with Crippen molar-refractivity contribution in [3.05, 3.63) is 65.9 Å². The van der Waals surface area contributed by atoms with E-state index in [0.717, 1.165) is 36.2 Å². The number of hydrogen-bond donors (Lipinski definition) is 2. The van der Waals surface area contributed by atoms with Crippen LogP contribution in [0.2, 0.25) is 0 Å². The zero-order valence-corrected chi connectivity index (χ0v) is 22.2. The summed E-state index contributed by atoms with van der Waals surface area (Å²) in [6.07, 6.45) is 4.44. The normalized spacial score (nSPS) is 19.4. The zero-order valence-electron chi connectivity index (χ0n) is 21.4. The third-order valence-corrected chi connectivity index (χ3v) is 7.94. The van der Waals surface area contributed by atoms with E-state index < -0.39 is 12.3 Å². The molecule has 1 saturated carbocycles. The Morgan fingerprint density at radius 1 is 0.973 bits per heavy atom. The topological polar surface area (TPSA) is 85.7 Å². The second-order valence-electron chi connectivity index (χ2n) is 9.47. The van der Waals surface area contributed by atoms with Gasteiger partial charge in [0, 0.05) is 34.4 Å². The molecule has 2 aromatic carbocycles. The Morgan fingerprint density at radius 2 is 1.73 bits per heavy atom. The van der Waals surface area contributed by atoms with E-state index in [1.54, 1.807) is 50.9 Å². The van der Waals surface area contributed by atoms with E-state index in [0.29, 0.717) is 23.2 Å². The van der Waals surface area contributed by atoms with Crippen LogP contribution < -0.4 is 19.5 Å². The van der Waals surface area contributed by atoms with Crippen molar-refractivity contribution in [1.29, 1.82) is 0 Å². The van der Waals surface area contributed by atoms with Crippen LogP contribution in [0.4, 0.5) is 0 Å². The molecular weight excluding hydrogens is 486 g/mol. The molecule has 4 aromatic rings. The van der Waals surface area contributed by atoms with Gasteiger partial charge in [-0.2, -0.15) is 0 Å². The van der Waals surface area contributed by atoms with Crippen LogP contribution in [0.3, 0.4) is 0 Å². The Bertz CT molecular complexity index is 1320. The Labute approximate surface area is 221 Å². The fraction of sp³-hybridized carbons (Fsp3) is 0.379. The highest BCUT2D eigenvalue weighted by atomic mass is 32.1. The first-order chi connectivity index (χ1) is 18.1. The van der Waals surface area contributed by atoms with Crippen molar-refractivity contribution in [2.24, 2.45) is 0 Å². The molecule has 7 nitrogen and oxygen atoms in total. The summed E-state index contributed by atoms with van der Waals surface area (Å²) in [6, 6.07) is 16.1. The number of aliphatic hydroxyl groups excluding tert-OH is 1. The lowest BCUT2D eigenvalue weighted by atomic mass is 9.82. The highest BCUT2D eigenvalue weighted by Gasteiger charge is 2.29. The quantitative estimate of drug-likeness (QED) is 0.271. The summed E-state index contributed by atoms with van der Waals surface area (Å²) in [4.78, 5) is 10.4. The van der Waals surface area contributed by atoms with Gasteiger partial charge in [0.05, 0.1) is 19.9 Å². The second kappa shape index (κ2) is 11.5. The Hall–Kier alpha value is -3.20. The summed E-state index contributed by atoms with van der Waals surface area (Å²) < 4.78 is 16.8. The van der Waals surface area contributed by atoms with Gasteiger partial charge >= 0.3 is 0 Å². The summed E-state index contributed by atoms with van der Waals surface area (Å²) in [5.74, 6) is 2.20. The molecule has 2 aromatic heterocycles. The molecule has 194 valence electrons. The van der Waals surface area contributed by atoms with Crippen molar-refractivity contribution >= 4 is 21.6 Å². The zero-order chi connectivity index (χ0) is 25.8. The predicted octanol–water partition coefficient (Wildman–Crippen LogP) is 5.78. The number of rotatable bonds is 9. The Balaban J connectivity index is 1.27. The van der Waals surface area contributed by atoms with Crippen LogP contribution >= 0.6 is 11.3 Å². The van der Waals surface area contributed by atoms with Gasteiger partial charge in [-0.25, -0.2) is 9.97 Å². The first kappa shape index (κ1) is 25.4. The summed E-state index contributed by atoms with van der Waals surface area (Å²) in [7, 11) is 3.19. The van der Waals surface area contributed by atoms with Crippen LogP contribution in [0.5, 0.6) is 17.2 Å². The largest absolute Gasteiger partial charge is 0.493 e. The van der Waals surface area contributed by atoms with Crippen LogP contribution in [-0.2, 0) is 0 Å². The van der Waals surface area contributed by atoms with Crippen LogP contribution in [-0.4, -0.2) is 47.7 Å². The SMILES string of the molecule is COc1ccc(OC(NC2CCC(c3ncnc4scc(-c5ccccc5)c34)CC2)C(C)O)cc1OC.